The number of aliphatic hydroxyl groups is 4. The third kappa shape index (κ3) is 11.0. The molecule has 2 atom stereocenters. The second-order valence-electron chi connectivity index (χ2n) is 24.0. The molecule has 0 amide bonds. The molecule has 0 aliphatic heterocycles. The van der Waals surface area contributed by atoms with E-state index >= 15 is 0 Å². The van der Waals surface area contributed by atoms with Gasteiger partial charge in [-0.1, -0.05) is 203 Å². The first-order valence-corrected chi connectivity index (χ1v) is 29.5. The molecule has 8 aromatic rings. The van der Waals surface area contributed by atoms with Crippen LogP contribution in [0, 0.1) is 0 Å². The van der Waals surface area contributed by atoms with Crippen LogP contribution in [0.5, 0.6) is 23.0 Å². The maximum atomic E-state index is 9.48. The van der Waals surface area contributed by atoms with Crippen molar-refractivity contribution in [2.24, 2.45) is 0 Å². The van der Waals surface area contributed by atoms with Crippen LogP contribution in [0.2, 0.25) is 0 Å². The van der Waals surface area contributed by atoms with Crippen LogP contribution in [0.4, 0.5) is 0 Å². The van der Waals surface area contributed by atoms with Crippen molar-refractivity contribution in [1.82, 2.24) is 0 Å². The molecule has 8 nitrogen and oxygen atoms in total. The highest BCUT2D eigenvalue weighted by molar-refractivity contribution is 5.88. The second kappa shape index (κ2) is 25.1. The van der Waals surface area contributed by atoms with Crippen molar-refractivity contribution in [2.75, 3.05) is 52.9 Å². The summed E-state index contributed by atoms with van der Waals surface area (Å²) in [5.41, 5.74) is 17.7. The molecule has 0 heterocycles. The van der Waals surface area contributed by atoms with Gasteiger partial charge >= 0.3 is 0 Å². The van der Waals surface area contributed by atoms with Crippen molar-refractivity contribution in [3.05, 3.63) is 237 Å². The first-order valence-electron chi connectivity index (χ1n) is 29.5. The Morgan fingerprint density at radius 2 is 0.610 bits per heavy atom. The molecule has 0 saturated carbocycles. The lowest BCUT2D eigenvalue weighted by atomic mass is 9.66. The smallest absolute Gasteiger partial charge is 0.123 e. The summed E-state index contributed by atoms with van der Waals surface area (Å²) in [5, 5.41) is 37.9. The third-order valence-corrected chi connectivity index (χ3v) is 16.9. The van der Waals surface area contributed by atoms with Gasteiger partial charge in [0.2, 0.25) is 0 Å². The van der Waals surface area contributed by atoms with E-state index in [0.29, 0.717) is 0 Å². The zero-order chi connectivity index (χ0) is 58.4. The molecule has 0 aromatic heterocycles. The van der Waals surface area contributed by atoms with Gasteiger partial charge in [0, 0.05) is 0 Å². The lowest BCUT2D eigenvalue weighted by Gasteiger charge is -2.36. The van der Waals surface area contributed by atoms with Crippen molar-refractivity contribution >= 4 is 0 Å². The zero-order valence-corrected chi connectivity index (χ0v) is 49.8. The molecular weight excluding hydrogens is 1020 g/mol. The van der Waals surface area contributed by atoms with Crippen molar-refractivity contribution in [1.29, 1.82) is 0 Å². The fraction of sp³-hybridized carbons (Fsp3) is 0.351. The Hall–Kier alpha value is -7.20. The lowest BCUT2D eigenvalue weighted by molar-refractivity contribution is 0.198. The maximum Gasteiger partial charge on any atom is 0.123 e. The Balaban J connectivity index is 0.000000198. The first kappa shape index (κ1) is 59.4. The minimum atomic E-state index is -0.571. The predicted molar refractivity (Wildman–Crippen MR) is 333 cm³/mol. The van der Waals surface area contributed by atoms with Gasteiger partial charge in [-0.15, -0.1) is 0 Å². The van der Waals surface area contributed by atoms with Crippen LogP contribution in [0.15, 0.2) is 170 Å². The highest BCUT2D eigenvalue weighted by atomic mass is 16.5. The molecule has 82 heavy (non-hydrogen) atoms. The van der Waals surface area contributed by atoms with E-state index in [0.717, 1.165) is 58.1 Å². The minimum Gasteiger partial charge on any atom is -0.491 e. The summed E-state index contributed by atoms with van der Waals surface area (Å²) in [6.45, 7) is 23.0. The monoisotopic (exact) mass is 1100 g/mol. The van der Waals surface area contributed by atoms with Gasteiger partial charge in [-0.25, -0.2) is 0 Å². The second-order valence-corrected chi connectivity index (χ2v) is 24.0. The molecule has 8 heteroatoms. The summed E-state index contributed by atoms with van der Waals surface area (Å²) in [6.07, 6.45) is 1.96. The number of rotatable bonds is 20. The van der Waals surface area contributed by atoms with Crippen LogP contribution in [0.25, 0.3) is 22.3 Å². The van der Waals surface area contributed by atoms with Crippen LogP contribution in [0.1, 0.15) is 161 Å². The molecule has 0 fully saturated rings. The normalized spacial score (nSPS) is 14.3. The summed E-state index contributed by atoms with van der Waals surface area (Å²) in [4.78, 5) is 0. The van der Waals surface area contributed by atoms with Crippen molar-refractivity contribution in [3.63, 3.8) is 0 Å². The van der Waals surface area contributed by atoms with Gasteiger partial charge in [0.15, 0.2) is 0 Å². The SMILES string of the molecule is CC(C)(C)c1cc(C2(c3ccc(OCCO)c(C(C)(C)C)c3)c3ccccc3-c3ccccc32)ccc1OCCO.CCC(C)c1cc(C2(c3ccc(OCCO)c(C(C)CC)c3)c3ccccc3-c3ccccc32)ccc1OCCO. The number of ether oxygens (including phenoxy) is 4. The Labute approximate surface area is 487 Å². The van der Waals surface area contributed by atoms with E-state index in [4.69, 9.17) is 18.9 Å². The molecule has 4 N–H and O–H groups in total. The van der Waals surface area contributed by atoms with Gasteiger partial charge in [-0.05, 0) is 161 Å². The number of benzene rings is 8. The molecule has 2 unspecified atom stereocenters. The van der Waals surface area contributed by atoms with Gasteiger partial charge in [0.1, 0.15) is 49.4 Å². The van der Waals surface area contributed by atoms with E-state index in [1.807, 2.05) is 0 Å². The van der Waals surface area contributed by atoms with Gasteiger partial charge in [-0.2, -0.15) is 0 Å². The fourth-order valence-corrected chi connectivity index (χ4v) is 12.7. The predicted octanol–water partition coefficient (Wildman–Crippen LogP) is 15.2. The molecular formula is C74H84O8. The summed E-state index contributed by atoms with van der Waals surface area (Å²) >= 11 is 0. The van der Waals surface area contributed by atoms with Crippen LogP contribution in [0.3, 0.4) is 0 Å². The van der Waals surface area contributed by atoms with E-state index in [2.05, 4.69) is 239 Å². The van der Waals surface area contributed by atoms with Crippen molar-refractivity contribution < 1.29 is 39.4 Å². The largest absolute Gasteiger partial charge is 0.491 e. The van der Waals surface area contributed by atoms with Crippen LogP contribution in [-0.2, 0) is 21.7 Å². The summed E-state index contributed by atoms with van der Waals surface area (Å²) < 4.78 is 24.1. The standard InChI is InChI=1S/2C37H42O4/c1-35(2,3)31-23-25(15-17-33(31)40-21-19-38)37(26-16-18-34(41-22-20-39)32(24-26)36(4,5)6)29-13-9-7-11-27(29)28-12-8-10-14-30(28)37;1-5-25(3)31-23-27(15-17-35(31)40-21-19-38)37(28-16-18-36(41-22-20-39)32(24-28)26(4)6-2)33-13-9-7-11-29(33)30-12-8-10-14-34(30)37/h7-18,23-24,38-39H,19-22H2,1-6H3;7-18,23-26,38-39H,5-6,19-22H2,1-4H3. The Morgan fingerprint density at radius 1 is 0.354 bits per heavy atom. The fourth-order valence-electron chi connectivity index (χ4n) is 12.7. The van der Waals surface area contributed by atoms with Gasteiger partial charge in [0.25, 0.3) is 0 Å². The minimum absolute atomic E-state index is 0.0184. The zero-order valence-electron chi connectivity index (χ0n) is 49.8. The molecule has 2 aliphatic carbocycles. The van der Waals surface area contributed by atoms with E-state index in [9.17, 15) is 20.4 Å². The van der Waals surface area contributed by atoms with Gasteiger partial charge in [0.05, 0.1) is 37.3 Å². The Bertz CT molecular complexity index is 3260. The first-order chi connectivity index (χ1) is 39.5. The molecule has 0 saturated heterocycles. The lowest BCUT2D eigenvalue weighted by Crippen LogP contribution is -2.30. The summed E-state index contributed by atoms with van der Waals surface area (Å²) in [7, 11) is 0. The molecule has 2 aliphatic rings. The molecule has 0 bridgehead atoms. The highest BCUT2D eigenvalue weighted by Crippen LogP contribution is 2.59. The van der Waals surface area contributed by atoms with Crippen molar-refractivity contribution in [2.45, 2.75) is 116 Å². The average molecular weight is 1100 g/mol. The topological polar surface area (TPSA) is 118 Å². The van der Waals surface area contributed by atoms with E-state index < -0.39 is 10.8 Å². The van der Waals surface area contributed by atoms with Crippen LogP contribution in [-0.4, -0.2) is 73.3 Å². The highest BCUT2D eigenvalue weighted by Gasteiger charge is 2.48. The summed E-state index contributed by atoms with van der Waals surface area (Å²) in [6, 6.07) is 61.4. The Morgan fingerprint density at radius 3 is 0.878 bits per heavy atom. The molecule has 0 radical (unpaired) electrons. The maximum absolute atomic E-state index is 9.48. The molecule has 428 valence electrons. The van der Waals surface area contributed by atoms with Crippen LogP contribution < -0.4 is 18.9 Å². The third-order valence-electron chi connectivity index (χ3n) is 16.9. The number of aliphatic hydroxyl groups excluding tert-OH is 4. The molecule has 10 rings (SSSR count). The molecule has 0 spiro atoms. The van der Waals surface area contributed by atoms with E-state index in [-0.39, 0.29) is 75.5 Å². The number of fused-ring (bicyclic) bond motifs is 6. The van der Waals surface area contributed by atoms with E-state index in [1.165, 1.54) is 66.8 Å². The number of hydrogen-bond acceptors (Lipinski definition) is 8. The van der Waals surface area contributed by atoms with Gasteiger partial charge < -0.3 is 39.4 Å². The quantitative estimate of drug-likeness (QED) is 0.0596. The average Bonchev–Trinajstić information content (AvgIpc) is 4.13. The summed E-state index contributed by atoms with van der Waals surface area (Å²) in [5.74, 6) is 3.84. The van der Waals surface area contributed by atoms with Crippen molar-refractivity contribution in [3.8, 4) is 45.3 Å². The number of hydrogen-bond donors (Lipinski definition) is 4. The van der Waals surface area contributed by atoms with E-state index in [1.54, 1.807) is 0 Å². The van der Waals surface area contributed by atoms with Gasteiger partial charge in [-0.3, -0.25) is 0 Å². The molecule has 8 aromatic carbocycles. The Kier molecular flexibility index (Phi) is 18.2. The van der Waals surface area contributed by atoms with Crippen LogP contribution >= 0.6 is 0 Å².